The van der Waals surface area contributed by atoms with Gasteiger partial charge in [0.25, 0.3) is 0 Å². The van der Waals surface area contributed by atoms with E-state index in [2.05, 4.69) is 0 Å². The first-order chi connectivity index (χ1) is 9.83. The van der Waals surface area contributed by atoms with E-state index < -0.39 is 6.80 Å². The molecule has 0 amide bonds. The molecule has 2 aromatic rings. The lowest BCUT2D eigenvalue weighted by molar-refractivity contribution is 0.397. The van der Waals surface area contributed by atoms with E-state index >= 15 is 0 Å². The van der Waals surface area contributed by atoms with Crippen LogP contribution in [0.25, 0.3) is 0 Å². The molecule has 5 nitrogen and oxygen atoms in total. The Morgan fingerprint density at radius 2 is 1.52 bits per heavy atom. The third-order valence-electron chi connectivity index (χ3n) is 2.89. The van der Waals surface area contributed by atoms with E-state index in [1.807, 2.05) is 0 Å². The van der Waals surface area contributed by atoms with Gasteiger partial charge in [0.05, 0.1) is 0 Å². The summed E-state index contributed by atoms with van der Waals surface area (Å²) in [6.07, 6.45) is 1.24. The van der Waals surface area contributed by atoms with Crippen LogP contribution in [-0.4, -0.2) is 20.0 Å². The van der Waals surface area contributed by atoms with Crippen LogP contribution in [0.1, 0.15) is 11.1 Å². The lowest BCUT2D eigenvalue weighted by Gasteiger charge is -2.10. The molecule has 0 fully saturated rings. The molecule has 2 aromatic carbocycles. The number of benzene rings is 2. The molecular weight excluding hydrogens is 311 g/mol. The summed E-state index contributed by atoms with van der Waals surface area (Å²) < 4.78 is 11.1. The van der Waals surface area contributed by atoms with Crippen molar-refractivity contribution in [1.82, 2.24) is 0 Å². The molecule has 2 rings (SSSR count). The smallest absolute Gasteiger partial charge is 0.388 e. The summed E-state index contributed by atoms with van der Waals surface area (Å²) in [6.45, 7) is -4.26. The van der Waals surface area contributed by atoms with Gasteiger partial charge in [-0.2, -0.15) is 0 Å². The predicted molar refractivity (Wildman–Crippen MR) is 81.5 cm³/mol. The molecule has 0 radical (unpaired) electrons. The third kappa shape index (κ3) is 5.10. The Kier molecular flexibility index (Phi) is 4.96. The molecule has 0 aliphatic carbocycles. The van der Waals surface area contributed by atoms with Crippen LogP contribution in [0, 0.1) is 0 Å². The molecule has 0 saturated carbocycles. The highest BCUT2D eigenvalue weighted by Crippen LogP contribution is 2.55. The maximum Gasteiger partial charge on any atom is 0.388 e. The molecule has 7 heteroatoms. The van der Waals surface area contributed by atoms with Gasteiger partial charge in [-0.05, 0) is 59.6 Å². The monoisotopic (exact) mass is 326 g/mol. The van der Waals surface area contributed by atoms with E-state index in [1.54, 1.807) is 30.3 Å². The van der Waals surface area contributed by atoms with Crippen molar-refractivity contribution >= 4 is 18.2 Å². The highest BCUT2D eigenvalue weighted by molar-refractivity contribution is 8.54. The Bertz CT molecular complexity index is 666. The highest BCUT2D eigenvalue weighted by Gasteiger charge is 2.18. The summed E-state index contributed by atoms with van der Waals surface area (Å²) >= 11 is 0.446. The lowest BCUT2D eigenvalue weighted by atomic mass is 10.0. The molecule has 112 valence electrons. The second-order valence-corrected chi connectivity index (χ2v) is 8.12. The number of aryl methyl sites for hydroxylation is 2. The molecule has 0 spiro atoms. The molecule has 0 saturated heterocycles. The van der Waals surface area contributed by atoms with Crippen molar-refractivity contribution in [1.29, 1.82) is 0 Å². The lowest BCUT2D eigenvalue weighted by Crippen LogP contribution is -1.93. The maximum absolute atomic E-state index is 11.1. The number of rotatable bonds is 5. The average Bonchev–Trinajstić information content (AvgIpc) is 2.38. The van der Waals surface area contributed by atoms with Gasteiger partial charge < -0.3 is 20.0 Å². The third-order valence-corrected chi connectivity index (χ3v) is 5.01. The molecule has 0 unspecified atom stereocenters. The molecule has 0 aliphatic heterocycles. The van der Waals surface area contributed by atoms with Crippen molar-refractivity contribution in [3.63, 3.8) is 0 Å². The van der Waals surface area contributed by atoms with Crippen LogP contribution in [0.5, 0.6) is 11.5 Å². The first-order valence-corrected chi connectivity index (χ1v) is 9.22. The Hall–Kier alpha value is -1.46. The van der Waals surface area contributed by atoms with Crippen molar-refractivity contribution in [3.05, 3.63) is 53.6 Å². The molecule has 0 aromatic heterocycles. The minimum Gasteiger partial charge on any atom is -0.508 e. The fourth-order valence-corrected chi connectivity index (χ4v) is 3.90. The summed E-state index contributed by atoms with van der Waals surface area (Å²) in [5.74, 6) is 0.167. The van der Waals surface area contributed by atoms with Crippen LogP contribution in [0.4, 0.5) is 0 Å². The Balaban J connectivity index is 2.15. The number of phenols is 2. The summed E-state index contributed by atoms with van der Waals surface area (Å²) in [4.78, 5) is 18.5. The highest BCUT2D eigenvalue weighted by atomic mass is 32.7. The van der Waals surface area contributed by atoms with Crippen molar-refractivity contribution < 1.29 is 24.6 Å². The zero-order valence-electron chi connectivity index (χ0n) is 11.0. The van der Waals surface area contributed by atoms with Gasteiger partial charge >= 0.3 is 6.80 Å². The van der Waals surface area contributed by atoms with Gasteiger partial charge in [0.2, 0.25) is 0 Å². The SMILES string of the molecule is O=P(O)(O)Sc1cc(O)ccc1CCc1ccc(O)cc1. The van der Waals surface area contributed by atoms with E-state index in [0.29, 0.717) is 29.1 Å². The normalized spacial score (nSPS) is 11.5. The van der Waals surface area contributed by atoms with Gasteiger partial charge in [-0.1, -0.05) is 18.2 Å². The standard InChI is InChI=1S/C14H15O5PS/c15-12-6-2-10(3-7-12)1-4-11-5-8-13(16)9-14(11)21-20(17,18)19/h2-3,5-9,15-16H,1,4H2,(H2,17,18,19). The minimum absolute atomic E-state index is 0.0284. The fraction of sp³-hybridized carbons (Fsp3) is 0.143. The summed E-state index contributed by atoms with van der Waals surface area (Å²) in [5, 5.41) is 18.7. The Morgan fingerprint density at radius 1 is 0.905 bits per heavy atom. The van der Waals surface area contributed by atoms with Crippen molar-refractivity contribution in [2.24, 2.45) is 0 Å². The molecule has 0 atom stereocenters. The van der Waals surface area contributed by atoms with Crippen LogP contribution in [0.15, 0.2) is 47.4 Å². The van der Waals surface area contributed by atoms with E-state index in [1.165, 1.54) is 12.1 Å². The average molecular weight is 326 g/mol. The van der Waals surface area contributed by atoms with Gasteiger partial charge in [0.1, 0.15) is 11.5 Å². The number of aromatic hydroxyl groups is 2. The van der Waals surface area contributed by atoms with E-state index in [9.17, 15) is 14.8 Å². The number of hydrogen-bond acceptors (Lipinski definition) is 4. The molecule has 4 N–H and O–H groups in total. The first kappa shape index (κ1) is 15.9. The van der Waals surface area contributed by atoms with Crippen LogP contribution >= 0.6 is 18.2 Å². The molecule has 21 heavy (non-hydrogen) atoms. The number of hydrogen-bond donors (Lipinski definition) is 4. The van der Waals surface area contributed by atoms with Gasteiger partial charge in [-0.15, -0.1) is 0 Å². The van der Waals surface area contributed by atoms with Gasteiger partial charge in [-0.3, -0.25) is 0 Å². The second-order valence-electron chi connectivity index (χ2n) is 4.54. The van der Waals surface area contributed by atoms with Crippen LogP contribution < -0.4 is 0 Å². The zero-order valence-corrected chi connectivity index (χ0v) is 12.7. The van der Waals surface area contributed by atoms with Crippen LogP contribution in [-0.2, 0) is 17.4 Å². The van der Waals surface area contributed by atoms with Crippen LogP contribution in [0.3, 0.4) is 0 Å². The fourth-order valence-electron chi connectivity index (χ4n) is 1.90. The Labute approximate surface area is 126 Å². The maximum atomic E-state index is 11.1. The summed E-state index contributed by atoms with van der Waals surface area (Å²) in [6, 6.07) is 11.3. The van der Waals surface area contributed by atoms with Crippen molar-refractivity contribution in [3.8, 4) is 11.5 Å². The summed E-state index contributed by atoms with van der Waals surface area (Å²) in [7, 11) is 0. The summed E-state index contributed by atoms with van der Waals surface area (Å²) in [5.41, 5.74) is 1.77. The molecular formula is C14H15O5PS. The van der Waals surface area contributed by atoms with Gasteiger partial charge in [0.15, 0.2) is 0 Å². The predicted octanol–water partition coefficient (Wildman–Crippen LogP) is 3.07. The minimum atomic E-state index is -4.26. The van der Waals surface area contributed by atoms with Gasteiger partial charge in [-0.25, -0.2) is 4.57 Å². The molecule has 0 bridgehead atoms. The van der Waals surface area contributed by atoms with E-state index in [4.69, 9.17) is 9.79 Å². The first-order valence-electron chi connectivity index (χ1n) is 6.18. The second kappa shape index (κ2) is 6.54. The molecule has 0 aliphatic rings. The Morgan fingerprint density at radius 3 is 2.14 bits per heavy atom. The van der Waals surface area contributed by atoms with Gasteiger partial charge in [0, 0.05) is 4.90 Å². The largest absolute Gasteiger partial charge is 0.508 e. The van der Waals surface area contributed by atoms with Crippen molar-refractivity contribution in [2.75, 3.05) is 0 Å². The topological polar surface area (TPSA) is 98.0 Å². The van der Waals surface area contributed by atoms with E-state index in [0.717, 1.165) is 11.1 Å². The quantitative estimate of drug-likeness (QED) is 0.630. The van der Waals surface area contributed by atoms with Crippen LogP contribution in [0.2, 0.25) is 0 Å². The zero-order chi connectivity index (χ0) is 15.5. The van der Waals surface area contributed by atoms with E-state index in [-0.39, 0.29) is 11.5 Å². The molecule has 0 heterocycles. The number of phenolic OH excluding ortho intramolecular Hbond substituents is 2. The van der Waals surface area contributed by atoms with Crippen molar-refractivity contribution in [2.45, 2.75) is 17.7 Å².